The molecule has 0 radical (unpaired) electrons. The molecule has 0 aromatic carbocycles. The van der Waals surface area contributed by atoms with Crippen molar-refractivity contribution >= 4 is 28.3 Å². The van der Waals surface area contributed by atoms with E-state index in [0.29, 0.717) is 15.7 Å². The fraction of sp³-hybridized carbons (Fsp3) is 0.444. The highest BCUT2D eigenvalue weighted by Crippen LogP contribution is 2.19. The predicted octanol–water partition coefficient (Wildman–Crippen LogP) is 0.327. The third-order valence-electron chi connectivity index (χ3n) is 1.86. The van der Waals surface area contributed by atoms with Crippen molar-refractivity contribution in [2.45, 2.75) is 13.3 Å². The Hall–Kier alpha value is -1.63. The summed E-state index contributed by atoms with van der Waals surface area (Å²) in [5.74, 6) is -0.628. The number of nitrogens with two attached hydrogens (primary N) is 1. The number of amides is 1. The van der Waals surface area contributed by atoms with Crippen molar-refractivity contribution in [3.63, 3.8) is 0 Å². The van der Waals surface area contributed by atoms with Crippen LogP contribution in [0.4, 0.5) is 5.13 Å². The summed E-state index contributed by atoms with van der Waals surface area (Å²) < 4.78 is 4.45. The first-order chi connectivity index (χ1) is 7.54. The summed E-state index contributed by atoms with van der Waals surface area (Å²) >= 11 is 1.13. The van der Waals surface area contributed by atoms with Gasteiger partial charge in [-0.1, -0.05) is 11.3 Å². The Labute approximate surface area is 96.8 Å². The van der Waals surface area contributed by atoms with Gasteiger partial charge in [-0.2, -0.15) is 0 Å². The number of rotatable bonds is 4. The monoisotopic (exact) mass is 243 g/mol. The second-order valence-electron chi connectivity index (χ2n) is 3.05. The number of esters is 1. The number of carbonyl (C=O) groups excluding carboxylic acids is 2. The van der Waals surface area contributed by atoms with Crippen LogP contribution in [0, 0.1) is 6.92 Å². The molecule has 0 saturated carbocycles. The largest absolute Gasteiger partial charge is 0.469 e. The number of anilines is 1. The van der Waals surface area contributed by atoms with Crippen molar-refractivity contribution in [2.24, 2.45) is 0 Å². The molecule has 0 aliphatic carbocycles. The molecule has 0 aliphatic rings. The van der Waals surface area contributed by atoms with Crippen LogP contribution in [0.15, 0.2) is 0 Å². The lowest BCUT2D eigenvalue weighted by Crippen LogP contribution is -2.26. The van der Waals surface area contributed by atoms with Gasteiger partial charge in [0.25, 0.3) is 5.91 Å². The molecular weight excluding hydrogens is 230 g/mol. The number of aryl methyl sites for hydroxylation is 1. The number of nitrogens with zero attached hydrogens (tertiary/aromatic N) is 1. The van der Waals surface area contributed by atoms with Crippen LogP contribution < -0.4 is 11.1 Å². The minimum Gasteiger partial charge on any atom is -0.469 e. The van der Waals surface area contributed by atoms with E-state index in [2.05, 4.69) is 15.0 Å². The first-order valence-electron chi connectivity index (χ1n) is 4.62. The maximum atomic E-state index is 11.6. The molecule has 0 atom stereocenters. The van der Waals surface area contributed by atoms with Crippen LogP contribution in [0.3, 0.4) is 0 Å². The third kappa shape index (κ3) is 3.20. The molecule has 6 nitrogen and oxygen atoms in total. The molecule has 16 heavy (non-hydrogen) atoms. The van der Waals surface area contributed by atoms with Gasteiger partial charge in [0.2, 0.25) is 0 Å². The van der Waals surface area contributed by atoms with Gasteiger partial charge >= 0.3 is 5.97 Å². The molecular formula is C9H13N3O3S. The Balaban J connectivity index is 2.47. The van der Waals surface area contributed by atoms with Crippen LogP contribution in [0.25, 0.3) is 0 Å². The lowest BCUT2D eigenvalue weighted by atomic mass is 10.3. The Morgan fingerprint density at radius 2 is 2.25 bits per heavy atom. The highest BCUT2D eigenvalue weighted by Gasteiger charge is 2.13. The van der Waals surface area contributed by atoms with E-state index in [1.165, 1.54) is 7.11 Å². The summed E-state index contributed by atoms with van der Waals surface area (Å²) in [6.07, 6.45) is 0.148. The summed E-state index contributed by atoms with van der Waals surface area (Å²) in [4.78, 5) is 26.8. The van der Waals surface area contributed by atoms with E-state index in [4.69, 9.17) is 5.73 Å². The molecule has 3 N–H and O–H groups in total. The third-order valence-corrected chi connectivity index (χ3v) is 2.85. The molecule has 0 saturated heterocycles. The summed E-state index contributed by atoms with van der Waals surface area (Å²) in [5, 5.41) is 2.95. The molecule has 1 rings (SSSR count). The maximum Gasteiger partial charge on any atom is 0.307 e. The predicted molar refractivity (Wildman–Crippen MR) is 60.2 cm³/mol. The van der Waals surface area contributed by atoms with Crippen molar-refractivity contribution in [2.75, 3.05) is 19.4 Å². The fourth-order valence-corrected chi connectivity index (χ4v) is 1.84. The Bertz CT molecular complexity index is 403. The molecule has 88 valence electrons. The summed E-state index contributed by atoms with van der Waals surface area (Å²) in [6, 6.07) is 0. The van der Waals surface area contributed by atoms with Crippen LogP contribution in [0.2, 0.25) is 0 Å². The van der Waals surface area contributed by atoms with Crippen molar-refractivity contribution in [3.05, 3.63) is 10.6 Å². The van der Waals surface area contributed by atoms with Crippen LogP contribution >= 0.6 is 11.3 Å². The number of thiazole rings is 1. The number of aromatic nitrogens is 1. The zero-order valence-electron chi connectivity index (χ0n) is 9.07. The maximum absolute atomic E-state index is 11.6. The molecule has 0 spiro atoms. The van der Waals surface area contributed by atoms with Crippen molar-refractivity contribution in [1.29, 1.82) is 0 Å². The number of nitrogen functional groups attached to an aromatic ring is 1. The van der Waals surface area contributed by atoms with Gasteiger partial charge in [-0.3, -0.25) is 9.59 Å². The Morgan fingerprint density at radius 1 is 1.56 bits per heavy atom. The second kappa shape index (κ2) is 5.45. The average molecular weight is 243 g/mol. The van der Waals surface area contributed by atoms with E-state index < -0.39 is 0 Å². The summed E-state index contributed by atoms with van der Waals surface area (Å²) in [5.41, 5.74) is 6.06. The molecule has 1 aromatic heterocycles. The SMILES string of the molecule is COC(=O)CCNC(=O)c1sc(N)nc1C. The van der Waals surface area contributed by atoms with Gasteiger partial charge in [0, 0.05) is 6.54 Å². The average Bonchev–Trinajstić information content (AvgIpc) is 2.57. The number of carbonyl (C=O) groups is 2. The van der Waals surface area contributed by atoms with Crippen LogP contribution in [-0.2, 0) is 9.53 Å². The zero-order valence-corrected chi connectivity index (χ0v) is 9.89. The van der Waals surface area contributed by atoms with Gasteiger partial charge in [-0.15, -0.1) is 0 Å². The van der Waals surface area contributed by atoms with Gasteiger partial charge in [0.05, 0.1) is 19.2 Å². The molecule has 1 heterocycles. The van der Waals surface area contributed by atoms with Gasteiger partial charge in [-0.25, -0.2) is 4.98 Å². The standard InChI is InChI=1S/C9H13N3O3S/c1-5-7(16-9(10)12-5)8(14)11-4-3-6(13)15-2/h3-4H2,1-2H3,(H2,10,12)(H,11,14). The lowest BCUT2D eigenvalue weighted by molar-refractivity contribution is -0.140. The van der Waals surface area contributed by atoms with E-state index >= 15 is 0 Å². The van der Waals surface area contributed by atoms with E-state index in [9.17, 15) is 9.59 Å². The van der Waals surface area contributed by atoms with Crippen LogP contribution in [0.5, 0.6) is 0 Å². The van der Waals surface area contributed by atoms with E-state index in [0.717, 1.165) is 11.3 Å². The molecule has 0 unspecified atom stereocenters. The van der Waals surface area contributed by atoms with E-state index in [1.807, 2.05) is 0 Å². The summed E-state index contributed by atoms with van der Waals surface area (Å²) in [7, 11) is 1.30. The number of ether oxygens (including phenoxy) is 1. The van der Waals surface area contributed by atoms with Gasteiger partial charge in [0.1, 0.15) is 4.88 Å². The minimum atomic E-state index is -0.360. The van der Waals surface area contributed by atoms with E-state index in [-0.39, 0.29) is 24.8 Å². The van der Waals surface area contributed by atoms with Crippen molar-refractivity contribution in [3.8, 4) is 0 Å². The number of hydrogen-bond acceptors (Lipinski definition) is 6. The first kappa shape index (κ1) is 12.4. The lowest BCUT2D eigenvalue weighted by Gasteiger charge is -2.02. The fourth-order valence-electron chi connectivity index (χ4n) is 1.09. The second-order valence-corrected chi connectivity index (χ2v) is 4.08. The molecule has 1 aromatic rings. The quantitative estimate of drug-likeness (QED) is 0.743. The molecule has 0 fully saturated rings. The zero-order chi connectivity index (χ0) is 12.1. The van der Waals surface area contributed by atoms with Crippen molar-refractivity contribution < 1.29 is 14.3 Å². The topological polar surface area (TPSA) is 94.3 Å². The Morgan fingerprint density at radius 3 is 2.75 bits per heavy atom. The molecule has 1 amide bonds. The number of methoxy groups -OCH3 is 1. The van der Waals surface area contributed by atoms with E-state index in [1.54, 1.807) is 6.92 Å². The van der Waals surface area contributed by atoms with Crippen molar-refractivity contribution in [1.82, 2.24) is 10.3 Å². The molecule has 0 aliphatic heterocycles. The normalized spacial score (nSPS) is 9.88. The molecule has 7 heteroatoms. The Kier molecular flexibility index (Phi) is 4.24. The molecule has 0 bridgehead atoms. The van der Waals surface area contributed by atoms with Crippen LogP contribution in [-0.4, -0.2) is 30.5 Å². The van der Waals surface area contributed by atoms with Crippen LogP contribution in [0.1, 0.15) is 21.8 Å². The minimum absolute atomic E-state index is 0.148. The smallest absolute Gasteiger partial charge is 0.307 e. The highest BCUT2D eigenvalue weighted by atomic mass is 32.1. The van der Waals surface area contributed by atoms with Gasteiger partial charge in [-0.05, 0) is 6.92 Å². The number of hydrogen-bond donors (Lipinski definition) is 2. The highest BCUT2D eigenvalue weighted by molar-refractivity contribution is 7.17. The number of nitrogens with one attached hydrogen (secondary N) is 1. The summed E-state index contributed by atoms with van der Waals surface area (Å²) in [6.45, 7) is 1.95. The van der Waals surface area contributed by atoms with Gasteiger partial charge in [0.15, 0.2) is 5.13 Å². The first-order valence-corrected chi connectivity index (χ1v) is 5.44. The van der Waals surface area contributed by atoms with Gasteiger partial charge < -0.3 is 15.8 Å².